The SMILES string of the molecule is C[C@@H](COC(C)(C)C)CN1C2CCC1COC2. The zero-order chi connectivity index (χ0) is 12.5. The van der Waals surface area contributed by atoms with Gasteiger partial charge in [-0.15, -0.1) is 0 Å². The van der Waals surface area contributed by atoms with Gasteiger partial charge in [0, 0.05) is 18.6 Å². The van der Waals surface area contributed by atoms with E-state index in [-0.39, 0.29) is 5.60 Å². The van der Waals surface area contributed by atoms with E-state index in [9.17, 15) is 0 Å². The molecule has 100 valence electrons. The Morgan fingerprint density at radius 3 is 2.35 bits per heavy atom. The van der Waals surface area contributed by atoms with Gasteiger partial charge in [0.05, 0.1) is 25.4 Å². The Balaban J connectivity index is 1.77. The second-order valence-electron chi connectivity index (χ2n) is 6.65. The van der Waals surface area contributed by atoms with Gasteiger partial charge in [-0.2, -0.15) is 0 Å². The Hall–Kier alpha value is -0.120. The number of ether oxygens (including phenoxy) is 2. The van der Waals surface area contributed by atoms with Crippen molar-refractivity contribution in [3.63, 3.8) is 0 Å². The van der Waals surface area contributed by atoms with E-state index in [0.29, 0.717) is 18.0 Å². The van der Waals surface area contributed by atoms with E-state index in [1.165, 1.54) is 12.8 Å². The van der Waals surface area contributed by atoms with Crippen molar-refractivity contribution in [1.29, 1.82) is 0 Å². The highest BCUT2D eigenvalue weighted by Gasteiger charge is 2.37. The molecule has 0 aliphatic carbocycles. The molecule has 2 rings (SSSR count). The van der Waals surface area contributed by atoms with E-state index in [1.54, 1.807) is 0 Å². The van der Waals surface area contributed by atoms with Crippen LogP contribution in [-0.2, 0) is 9.47 Å². The predicted molar refractivity (Wildman–Crippen MR) is 69.2 cm³/mol. The van der Waals surface area contributed by atoms with Crippen LogP contribution in [-0.4, -0.2) is 49.0 Å². The van der Waals surface area contributed by atoms with Crippen LogP contribution < -0.4 is 0 Å². The van der Waals surface area contributed by atoms with Crippen LogP contribution in [0.2, 0.25) is 0 Å². The third-order valence-electron chi connectivity index (χ3n) is 3.71. The highest BCUT2D eigenvalue weighted by Crippen LogP contribution is 2.29. The van der Waals surface area contributed by atoms with Crippen LogP contribution in [0.5, 0.6) is 0 Å². The van der Waals surface area contributed by atoms with Crippen molar-refractivity contribution in [2.24, 2.45) is 5.92 Å². The van der Waals surface area contributed by atoms with Gasteiger partial charge in [0.25, 0.3) is 0 Å². The van der Waals surface area contributed by atoms with Crippen molar-refractivity contribution in [2.45, 2.75) is 58.2 Å². The van der Waals surface area contributed by atoms with E-state index in [4.69, 9.17) is 9.47 Å². The first kappa shape index (κ1) is 13.3. The third kappa shape index (κ3) is 3.67. The van der Waals surface area contributed by atoms with Crippen LogP contribution in [0.4, 0.5) is 0 Å². The fourth-order valence-corrected chi connectivity index (χ4v) is 2.82. The van der Waals surface area contributed by atoms with Crippen LogP contribution >= 0.6 is 0 Å². The molecule has 2 aliphatic heterocycles. The molecule has 0 saturated carbocycles. The Morgan fingerprint density at radius 1 is 1.24 bits per heavy atom. The molecule has 3 nitrogen and oxygen atoms in total. The lowest BCUT2D eigenvalue weighted by molar-refractivity contribution is -0.0483. The summed E-state index contributed by atoms with van der Waals surface area (Å²) >= 11 is 0. The van der Waals surface area contributed by atoms with Crippen molar-refractivity contribution in [1.82, 2.24) is 4.90 Å². The quantitative estimate of drug-likeness (QED) is 0.754. The maximum Gasteiger partial charge on any atom is 0.0622 e. The molecule has 0 amide bonds. The number of hydrogen-bond donors (Lipinski definition) is 0. The van der Waals surface area contributed by atoms with Crippen molar-refractivity contribution in [3.05, 3.63) is 0 Å². The molecule has 0 aromatic heterocycles. The molecule has 0 N–H and O–H groups in total. The van der Waals surface area contributed by atoms with Crippen LogP contribution in [0.3, 0.4) is 0 Å². The summed E-state index contributed by atoms with van der Waals surface area (Å²) in [7, 11) is 0. The summed E-state index contributed by atoms with van der Waals surface area (Å²) in [4.78, 5) is 2.65. The molecule has 2 saturated heterocycles. The highest BCUT2D eigenvalue weighted by molar-refractivity contribution is 4.91. The summed E-state index contributed by atoms with van der Waals surface area (Å²) in [6.07, 6.45) is 2.63. The van der Waals surface area contributed by atoms with E-state index < -0.39 is 0 Å². The van der Waals surface area contributed by atoms with Crippen molar-refractivity contribution in [2.75, 3.05) is 26.4 Å². The topological polar surface area (TPSA) is 21.7 Å². The zero-order valence-electron chi connectivity index (χ0n) is 11.7. The molecule has 2 heterocycles. The second-order valence-corrected chi connectivity index (χ2v) is 6.65. The Bertz CT molecular complexity index is 233. The second kappa shape index (κ2) is 5.25. The number of hydrogen-bond acceptors (Lipinski definition) is 3. The molecule has 2 aliphatic rings. The molecule has 0 spiro atoms. The summed E-state index contributed by atoms with van der Waals surface area (Å²) in [6, 6.07) is 1.34. The number of nitrogens with zero attached hydrogens (tertiary/aromatic N) is 1. The molecule has 2 unspecified atom stereocenters. The number of morpholine rings is 1. The Kier molecular flexibility index (Phi) is 4.11. The van der Waals surface area contributed by atoms with E-state index in [2.05, 4.69) is 32.6 Å². The van der Waals surface area contributed by atoms with Gasteiger partial charge in [-0.25, -0.2) is 0 Å². The normalized spacial score (nSPS) is 31.8. The fourth-order valence-electron chi connectivity index (χ4n) is 2.82. The molecule has 0 aromatic rings. The summed E-state index contributed by atoms with van der Waals surface area (Å²) in [5.74, 6) is 0.607. The summed E-state index contributed by atoms with van der Waals surface area (Å²) < 4.78 is 11.5. The van der Waals surface area contributed by atoms with Gasteiger partial charge in [-0.1, -0.05) is 6.92 Å². The molecule has 0 aromatic carbocycles. The molecule has 2 bridgehead atoms. The average Bonchev–Trinajstić information content (AvgIpc) is 2.49. The lowest BCUT2D eigenvalue weighted by Crippen LogP contribution is -2.48. The molecule has 0 radical (unpaired) electrons. The zero-order valence-corrected chi connectivity index (χ0v) is 11.7. The van der Waals surface area contributed by atoms with Crippen molar-refractivity contribution in [3.8, 4) is 0 Å². The summed E-state index contributed by atoms with van der Waals surface area (Å²) in [5, 5.41) is 0. The number of rotatable bonds is 4. The molecule has 2 fully saturated rings. The van der Waals surface area contributed by atoms with Gasteiger partial charge in [-0.3, -0.25) is 4.90 Å². The number of fused-ring (bicyclic) bond motifs is 2. The standard InChI is InChI=1S/C14H27NO2/c1-11(8-17-14(2,3)4)7-15-12-5-6-13(15)10-16-9-12/h11-13H,5-10H2,1-4H3/t11-,12?,13?/m1/s1. The minimum atomic E-state index is -0.0156. The van der Waals surface area contributed by atoms with Gasteiger partial charge in [0.15, 0.2) is 0 Å². The lowest BCUT2D eigenvalue weighted by atomic mass is 10.1. The lowest BCUT2D eigenvalue weighted by Gasteiger charge is -2.36. The first-order valence-corrected chi connectivity index (χ1v) is 6.93. The summed E-state index contributed by atoms with van der Waals surface area (Å²) in [5.41, 5.74) is -0.0156. The van der Waals surface area contributed by atoms with Crippen molar-refractivity contribution < 1.29 is 9.47 Å². The van der Waals surface area contributed by atoms with Gasteiger partial charge in [0.1, 0.15) is 0 Å². The first-order valence-electron chi connectivity index (χ1n) is 6.93. The van der Waals surface area contributed by atoms with Crippen LogP contribution in [0.15, 0.2) is 0 Å². The molecular weight excluding hydrogens is 214 g/mol. The first-order chi connectivity index (χ1) is 7.96. The van der Waals surface area contributed by atoms with E-state index >= 15 is 0 Å². The van der Waals surface area contributed by atoms with Gasteiger partial charge < -0.3 is 9.47 Å². The minimum Gasteiger partial charge on any atom is -0.378 e. The van der Waals surface area contributed by atoms with Gasteiger partial charge >= 0.3 is 0 Å². The summed E-state index contributed by atoms with van der Waals surface area (Å²) in [6.45, 7) is 12.6. The molecule has 17 heavy (non-hydrogen) atoms. The maximum atomic E-state index is 5.87. The van der Waals surface area contributed by atoms with E-state index in [1.807, 2.05) is 0 Å². The highest BCUT2D eigenvalue weighted by atomic mass is 16.5. The van der Waals surface area contributed by atoms with Gasteiger partial charge in [-0.05, 0) is 39.5 Å². The van der Waals surface area contributed by atoms with E-state index in [0.717, 1.165) is 26.4 Å². The molecule has 3 heteroatoms. The smallest absolute Gasteiger partial charge is 0.0622 e. The molecular formula is C14H27NO2. The predicted octanol–water partition coefficient (Wildman–Crippen LogP) is 2.30. The van der Waals surface area contributed by atoms with Gasteiger partial charge in [0.2, 0.25) is 0 Å². The average molecular weight is 241 g/mol. The fraction of sp³-hybridized carbons (Fsp3) is 1.00. The van der Waals surface area contributed by atoms with Crippen molar-refractivity contribution >= 4 is 0 Å². The Labute approximate surface area is 105 Å². The van der Waals surface area contributed by atoms with Crippen LogP contribution in [0.1, 0.15) is 40.5 Å². The monoisotopic (exact) mass is 241 g/mol. The maximum absolute atomic E-state index is 5.87. The largest absolute Gasteiger partial charge is 0.378 e. The van der Waals surface area contributed by atoms with Crippen LogP contribution in [0.25, 0.3) is 0 Å². The van der Waals surface area contributed by atoms with Crippen LogP contribution in [0, 0.1) is 5.92 Å². The third-order valence-corrected chi connectivity index (χ3v) is 3.71. The minimum absolute atomic E-state index is 0.0156. The molecule has 3 atom stereocenters. The Morgan fingerprint density at radius 2 is 1.82 bits per heavy atom.